The minimum Gasteiger partial charge on any atom is -0.381 e. The summed E-state index contributed by atoms with van der Waals surface area (Å²) in [6.07, 6.45) is 1.29. The van der Waals surface area contributed by atoms with E-state index in [2.05, 4.69) is 71.7 Å². The maximum Gasteiger partial charge on any atom is 0.0373 e. The van der Waals surface area contributed by atoms with Gasteiger partial charge in [0.2, 0.25) is 0 Å². The van der Waals surface area contributed by atoms with Crippen molar-refractivity contribution in [1.29, 1.82) is 0 Å². The summed E-state index contributed by atoms with van der Waals surface area (Å²) in [6.45, 7) is 4.49. The molecule has 1 saturated heterocycles. The lowest BCUT2D eigenvalue weighted by molar-refractivity contribution is 0.746. The Morgan fingerprint density at radius 2 is 2.27 bits per heavy atom. The maximum atomic E-state index is 3.64. The van der Waals surface area contributed by atoms with Crippen LogP contribution in [0.3, 0.4) is 0 Å². The van der Waals surface area contributed by atoms with Crippen molar-refractivity contribution in [2.45, 2.75) is 31.6 Å². The predicted molar refractivity (Wildman–Crippen MR) is 77.8 cm³/mol. The van der Waals surface area contributed by atoms with Gasteiger partial charge in [-0.1, -0.05) is 6.92 Å². The van der Waals surface area contributed by atoms with Crippen LogP contribution in [0.2, 0.25) is 0 Å². The zero-order valence-corrected chi connectivity index (χ0v) is 12.1. The van der Waals surface area contributed by atoms with E-state index >= 15 is 0 Å². The van der Waals surface area contributed by atoms with Gasteiger partial charge in [0.1, 0.15) is 0 Å². The Morgan fingerprint density at radius 3 is 2.87 bits per heavy atom. The third-order valence-corrected chi connectivity index (χ3v) is 4.77. The van der Waals surface area contributed by atoms with Gasteiger partial charge in [0.15, 0.2) is 0 Å². The van der Waals surface area contributed by atoms with Gasteiger partial charge in [0, 0.05) is 26.3 Å². The molecule has 0 amide bonds. The van der Waals surface area contributed by atoms with Gasteiger partial charge in [-0.2, -0.15) is 11.8 Å². The van der Waals surface area contributed by atoms with E-state index in [0.717, 1.165) is 5.25 Å². The summed E-state index contributed by atoms with van der Waals surface area (Å²) in [5, 5.41) is 4.45. The monoisotopic (exact) mass is 333 g/mol. The Labute approximate surface area is 110 Å². The number of hydrogen-bond donors (Lipinski definition) is 1. The van der Waals surface area contributed by atoms with Crippen LogP contribution >= 0.6 is 34.4 Å². The second kappa shape index (κ2) is 4.95. The largest absolute Gasteiger partial charge is 0.381 e. The molecule has 1 nitrogen and oxygen atoms in total. The van der Waals surface area contributed by atoms with Gasteiger partial charge in [-0.25, -0.2) is 0 Å². The lowest BCUT2D eigenvalue weighted by Crippen LogP contribution is -2.19. The number of hydrogen-bond acceptors (Lipinski definition) is 2. The fourth-order valence-electron chi connectivity index (χ4n) is 1.93. The predicted octanol–water partition coefficient (Wildman–Crippen LogP) is 3.91. The second-order valence-electron chi connectivity index (χ2n) is 4.18. The normalized spacial score (nSPS) is 25.5. The average molecular weight is 333 g/mol. The molecule has 0 bridgehead atoms. The Morgan fingerprint density at radius 1 is 1.47 bits per heavy atom. The third kappa shape index (κ3) is 3.03. The van der Waals surface area contributed by atoms with Crippen LogP contribution in [-0.2, 0) is 0 Å². The van der Waals surface area contributed by atoms with Gasteiger partial charge in [0.25, 0.3) is 0 Å². The van der Waals surface area contributed by atoms with Crippen LogP contribution in [-0.4, -0.2) is 17.0 Å². The van der Waals surface area contributed by atoms with E-state index in [-0.39, 0.29) is 0 Å². The number of benzene rings is 1. The van der Waals surface area contributed by atoms with E-state index in [9.17, 15) is 0 Å². The molecule has 1 N–H and O–H groups in total. The molecule has 1 fully saturated rings. The summed E-state index contributed by atoms with van der Waals surface area (Å²) < 4.78 is 1.31. The van der Waals surface area contributed by atoms with Crippen molar-refractivity contribution in [3.05, 3.63) is 27.3 Å². The number of anilines is 1. The topological polar surface area (TPSA) is 12.0 Å². The number of rotatable bonds is 2. The van der Waals surface area contributed by atoms with Crippen molar-refractivity contribution < 1.29 is 0 Å². The molecule has 1 aliphatic rings. The number of nitrogens with one attached hydrogen (secondary N) is 1. The lowest BCUT2D eigenvalue weighted by Gasteiger charge is -2.15. The van der Waals surface area contributed by atoms with Gasteiger partial charge in [-0.05, 0) is 59.7 Å². The molecule has 0 saturated carbocycles. The zero-order valence-electron chi connectivity index (χ0n) is 9.09. The first-order valence-corrected chi connectivity index (χ1v) is 7.42. The first-order chi connectivity index (χ1) is 7.15. The fourth-order valence-corrected chi connectivity index (χ4v) is 3.72. The maximum absolute atomic E-state index is 3.64. The molecule has 0 radical (unpaired) electrons. The van der Waals surface area contributed by atoms with E-state index in [4.69, 9.17) is 0 Å². The molecule has 15 heavy (non-hydrogen) atoms. The van der Waals surface area contributed by atoms with E-state index in [0.29, 0.717) is 6.04 Å². The Kier molecular flexibility index (Phi) is 3.83. The summed E-state index contributed by atoms with van der Waals surface area (Å²) in [5.41, 5.74) is 2.65. The van der Waals surface area contributed by atoms with Crippen molar-refractivity contribution in [2.24, 2.45) is 0 Å². The minimum atomic E-state index is 0.656. The van der Waals surface area contributed by atoms with Crippen LogP contribution in [0.5, 0.6) is 0 Å². The molecule has 2 rings (SSSR count). The van der Waals surface area contributed by atoms with Gasteiger partial charge < -0.3 is 5.32 Å². The highest BCUT2D eigenvalue weighted by atomic mass is 127. The van der Waals surface area contributed by atoms with E-state index < -0.39 is 0 Å². The Balaban J connectivity index is 2.04. The molecule has 0 aliphatic carbocycles. The smallest absolute Gasteiger partial charge is 0.0373 e. The number of aryl methyl sites for hydroxylation is 1. The highest BCUT2D eigenvalue weighted by Crippen LogP contribution is 2.29. The molecular weight excluding hydrogens is 317 g/mol. The summed E-state index contributed by atoms with van der Waals surface area (Å²) in [7, 11) is 0. The first-order valence-electron chi connectivity index (χ1n) is 5.29. The lowest BCUT2D eigenvalue weighted by atomic mass is 10.1. The van der Waals surface area contributed by atoms with Crippen LogP contribution in [0.25, 0.3) is 0 Å². The molecule has 3 heteroatoms. The first kappa shape index (κ1) is 11.6. The number of thioether (sulfide) groups is 1. The van der Waals surface area contributed by atoms with E-state index in [1.165, 1.54) is 27.0 Å². The van der Waals surface area contributed by atoms with Gasteiger partial charge in [0.05, 0.1) is 0 Å². The Bertz CT molecular complexity index is 353. The van der Waals surface area contributed by atoms with Gasteiger partial charge in [-0.3, -0.25) is 0 Å². The highest BCUT2D eigenvalue weighted by molar-refractivity contribution is 14.1. The van der Waals surface area contributed by atoms with Gasteiger partial charge in [-0.15, -0.1) is 0 Å². The summed E-state index contributed by atoms with van der Waals surface area (Å²) >= 11 is 4.43. The molecule has 1 aliphatic heterocycles. The van der Waals surface area contributed by atoms with Crippen LogP contribution in [0, 0.1) is 10.5 Å². The quantitative estimate of drug-likeness (QED) is 0.824. The summed E-state index contributed by atoms with van der Waals surface area (Å²) in [5.74, 6) is 1.24. The summed E-state index contributed by atoms with van der Waals surface area (Å²) in [6, 6.07) is 7.25. The molecule has 1 aromatic rings. The molecule has 0 aromatic heterocycles. The second-order valence-corrected chi connectivity index (χ2v) is 6.90. The standard InChI is InChI=1S/C12H16INS/c1-8-5-10(13)3-4-12(8)14-11-6-9(2)15-7-11/h3-5,9,11,14H,6-7H2,1-2H3. The minimum absolute atomic E-state index is 0.656. The van der Waals surface area contributed by atoms with Crippen LogP contribution < -0.4 is 5.32 Å². The number of halogens is 1. The van der Waals surface area contributed by atoms with Crippen LogP contribution in [0.1, 0.15) is 18.9 Å². The van der Waals surface area contributed by atoms with Crippen molar-refractivity contribution in [1.82, 2.24) is 0 Å². The molecular formula is C12H16INS. The van der Waals surface area contributed by atoms with Crippen LogP contribution in [0.15, 0.2) is 18.2 Å². The van der Waals surface area contributed by atoms with Gasteiger partial charge >= 0.3 is 0 Å². The Hall–Kier alpha value is 0.1000. The molecule has 2 unspecified atom stereocenters. The van der Waals surface area contributed by atoms with Crippen molar-refractivity contribution in [3.63, 3.8) is 0 Å². The average Bonchev–Trinajstić information content (AvgIpc) is 2.56. The highest BCUT2D eigenvalue weighted by Gasteiger charge is 2.21. The van der Waals surface area contributed by atoms with Crippen molar-refractivity contribution in [2.75, 3.05) is 11.1 Å². The van der Waals surface area contributed by atoms with E-state index in [1.807, 2.05) is 0 Å². The molecule has 2 atom stereocenters. The van der Waals surface area contributed by atoms with Crippen molar-refractivity contribution in [3.8, 4) is 0 Å². The molecule has 1 aromatic carbocycles. The van der Waals surface area contributed by atoms with Crippen LogP contribution in [0.4, 0.5) is 5.69 Å². The fraction of sp³-hybridized carbons (Fsp3) is 0.500. The molecule has 1 heterocycles. The SMILES string of the molecule is Cc1cc(I)ccc1NC1CSC(C)C1. The zero-order chi connectivity index (χ0) is 10.8. The third-order valence-electron chi connectivity index (χ3n) is 2.75. The molecule has 82 valence electrons. The summed E-state index contributed by atoms with van der Waals surface area (Å²) in [4.78, 5) is 0. The van der Waals surface area contributed by atoms with E-state index in [1.54, 1.807) is 0 Å². The van der Waals surface area contributed by atoms with Crippen molar-refractivity contribution >= 4 is 40.0 Å². The molecule has 0 spiro atoms.